The molecule has 0 spiro atoms. The zero-order valence-electron chi connectivity index (χ0n) is 11.1. The molecule has 1 aliphatic rings. The van der Waals surface area contributed by atoms with Gasteiger partial charge in [0.05, 0.1) is 17.6 Å². The summed E-state index contributed by atoms with van der Waals surface area (Å²) in [5.41, 5.74) is 1.44. The first-order chi connectivity index (χ1) is 9.04. The van der Waals surface area contributed by atoms with E-state index in [4.69, 9.17) is 0 Å². The van der Waals surface area contributed by atoms with Crippen LogP contribution in [-0.4, -0.2) is 34.3 Å². The summed E-state index contributed by atoms with van der Waals surface area (Å²) in [6.45, 7) is 2.98. The lowest BCUT2D eigenvalue weighted by atomic mass is 10.00. The second-order valence-corrected chi connectivity index (χ2v) is 6.76. The van der Waals surface area contributed by atoms with Crippen LogP contribution in [-0.2, 0) is 10.0 Å². The number of benzene rings is 1. The minimum absolute atomic E-state index is 0.597. The Morgan fingerprint density at radius 3 is 2.68 bits per heavy atom. The number of hydrogen-bond donors (Lipinski definition) is 3. The average molecular weight is 283 g/mol. The molecule has 19 heavy (non-hydrogen) atoms. The molecule has 1 aromatic carbocycles. The maximum atomic E-state index is 11.3. The molecule has 106 valence electrons. The highest BCUT2D eigenvalue weighted by Gasteiger charge is 2.13. The van der Waals surface area contributed by atoms with Crippen LogP contribution in [0.3, 0.4) is 0 Å². The van der Waals surface area contributed by atoms with Gasteiger partial charge in [0, 0.05) is 6.54 Å². The molecule has 6 heteroatoms. The molecule has 1 saturated heterocycles. The highest BCUT2D eigenvalue weighted by molar-refractivity contribution is 7.92. The highest BCUT2D eigenvalue weighted by atomic mass is 32.2. The monoisotopic (exact) mass is 283 g/mol. The smallest absolute Gasteiger partial charge is 0.229 e. The van der Waals surface area contributed by atoms with Gasteiger partial charge in [0.2, 0.25) is 10.0 Å². The number of rotatable bonds is 5. The zero-order chi connectivity index (χ0) is 13.7. The predicted octanol–water partition coefficient (Wildman–Crippen LogP) is 1.47. The third kappa shape index (κ3) is 4.72. The lowest BCUT2D eigenvalue weighted by Gasteiger charge is -2.24. The molecule has 0 saturated carbocycles. The van der Waals surface area contributed by atoms with Crippen molar-refractivity contribution in [3.05, 3.63) is 24.3 Å². The van der Waals surface area contributed by atoms with Crippen LogP contribution in [0.15, 0.2) is 24.3 Å². The van der Waals surface area contributed by atoms with E-state index in [2.05, 4.69) is 15.4 Å². The molecule has 0 amide bonds. The van der Waals surface area contributed by atoms with Crippen molar-refractivity contribution < 1.29 is 8.42 Å². The highest BCUT2D eigenvalue weighted by Crippen LogP contribution is 2.22. The van der Waals surface area contributed by atoms with E-state index in [1.165, 1.54) is 12.8 Å². The van der Waals surface area contributed by atoms with E-state index in [1.54, 1.807) is 6.07 Å². The van der Waals surface area contributed by atoms with Crippen molar-refractivity contribution >= 4 is 21.4 Å². The summed E-state index contributed by atoms with van der Waals surface area (Å²) in [6.07, 6.45) is 3.58. The number of sulfonamides is 1. The van der Waals surface area contributed by atoms with Crippen LogP contribution in [0, 0.1) is 5.92 Å². The van der Waals surface area contributed by atoms with Crippen LogP contribution >= 0.6 is 0 Å². The Morgan fingerprint density at radius 2 is 2.05 bits per heavy atom. The van der Waals surface area contributed by atoms with E-state index in [1.807, 2.05) is 18.2 Å². The summed E-state index contributed by atoms with van der Waals surface area (Å²) < 4.78 is 25.2. The largest absolute Gasteiger partial charge is 0.383 e. The molecule has 0 radical (unpaired) electrons. The summed E-state index contributed by atoms with van der Waals surface area (Å²) in [4.78, 5) is 0. The molecular weight excluding hydrogens is 262 g/mol. The Kier molecular flexibility index (Phi) is 4.66. The minimum Gasteiger partial charge on any atom is -0.383 e. The van der Waals surface area contributed by atoms with Gasteiger partial charge in [0.1, 0.15) is 0 Å². The molecule has 0 aliphatic carbocycles. The third-order valence-corrected chi connectivity index (χ3v) is 3.79. The fourth-order valence-corrected chi connectivity index (χ4v) is 2.86. The SMILES string of the molecule is CS(=O)(=O)Nc1ccccc1NCC1CCCNC1. The number of anilines is 2. The van der Waals surface area contributed by atoms with E-state index in [9.17, 15) is 8.42 Å². The normalized spacial score (nSPS) is 19.9. The first-order valence-electron chi connectivity index (χ1n) is 6.56. The minimum atomic E-state index is -3.25. The standard InChI is InChI=1S/C13H21N3O2S/c1-19(17,18)16-13-7-3-2-6-12(13)15-10-11-5-4-8-14-9-11/h2-3,6-7,11,14-16H,4-5,8-10H2,1H3. The Labute approximate surface area is 114 Å². The Hall–Kier alpha value is -1.27. The van der Waals surface area contributed by atoms with Crippen molar-refractivity contribution in [1.82, 2.24) is 5.32 Å². The number of hydrogen-bond acceptors (Lipinski definition) is 4. The fourth-order valence-electron chi connectivity index (χ4n) is 2.28. The Morgan fingerprint density at radius 1 is 1.32 bits per heavy atom. The van der Waals surface area contributed by atoms with Crippen molar-refractivity contribution in [2.45, 2.75) is 12.8 Å². The van der Waals surface area contributed by atoms with E-state index in [0.717, 1.165) is 31.6 Å². The summed E-state index contributed by atoms with van der Waals surface area (Å²) in [5, 5.41) is 6.71. The predicted molar refractivity (Wildman–Crippen MR) is 79.0 cm³/mol. The zero-order valence-corrected chi connectivity index (χ0v) is 12.0. The lowest BCUT2D eigenvalue weighted by molar-refractivity contribution is 0.393. The van der Waals surface area contributed by atoms with Gasteiger partial charge < -0.3 is 10.6 Å². The third-order valence-electron chi connectivity index (χ3n) is 3.20. The Balaban J connectivity index is 1.99. The number of para-hydroxylation sites is 2. The van der Waals surface area contributed by atoms with E-state index in [0.29, 0.717) is 11.6 Å². The maximum Gasteiger partial charge on any atom is 0.229 e. The first-order valence-corrected chi connectivity index (χ1v) is 8.45. The van der Waals surface area contributed by atoms with Gasteiger partial charge in [0.25, 0.3) is 0 Å². The van der Waals surface area contributed by atoms with E-state index in [-0.39, 0.29) is 0 Å². The molecule has 1 atom stereocenters. The molecule has 1 fully saturated rings. The van der Waals surface area contributed by atoms with E-state index < -0.39 is 10.0 Å². The number of nitrogens with one attached hydrogen (secondary N) is 3. The molecule has 0 bridgehead atoms. The van der Waals surface area contributed by atoms with E-state index >= 15 is 0 Å². The molecule has 1 heterocycles. The molecular formula is C13H21N3O2S. The molecule has 3 N–H and O–H groups in total. The van der Waals surface area contributed by atoms with Gasteiger partial charge in [-0.15, -0.1) is 0 Å². The second kappa shape index (κ2) is 6.25. The van der Waals surface area contributed by atoms with Crippen LogP contribution in [0.1, 0.15) is 12.8 Å². The molecule has 2 rings (SSSR count). The first kappa shape index (κ1) is 14.1. The van der Waals surface area contributed by atoms with Gasteiger partial charge in [-0.3, -0.25) is 4.72 Å². The van der Waals surface area contributed by atoms with Crippen molar-refractivity contribution in [2.24, 2.45) is 5.92 Å². The van der Waals surface area contributed by atoms with Gasteiger partial charge in [-0.05, 0) is 44.0 Å². The summed E-state index contributed by atoms with van der Waals surface area (Å²) in [7, 11) is -3.25. The summed E-state index contributed by atoms with van der Waals surface area (Å²) >= 11 is 0. The van der Waals surface area contributed by atoms with Crippen molar-refractivity contribution in [3.8, 4) is 0 Å². The van der Waals surface area contributed by atoms with Crippen molar-refractivity contribution in [3.63, 3.8) is 0 Å². The quantitative estimate of drug-likeness (QED) is 0.765. The summed E-state index contributed by atoms with van der Waals surface area (Å²) in [6, 6.07) is 7.38. The van der Waals surface area contributed by atoms with Crippen LogP contribution in [0.4, 0.5) is 11.4 Å². The lowest BCUT2D eigenvalue weighted by Crippen LogP contribution is -2.33. The average Bonchev–Trinajstić information content (AvgIpc) is 2.37. The van der Waals surface area contributed by atoms with Crippen molar-refractivity contribution in [1.29, 1.82) is 0 Å². The van der Waals surface area contributed by atoms with Gasteiger partial charge >= 0.3 is 0 Å². The van der Waals surface area contributed by atoms with Gasteiger partial charge in [0.15, 0.2) is 0 Å². The fraction of sp³-hybridized carbons (Fsp3) is 0.538. The molecule has 5 nitrogen and oxygen atoms in total. The van der Waals surface area contributed by atoms with Crippen LogP contribution in [0.25, 0.3) is 0 Å². The number of piperidine rings is 1. The van der Waals surface area contributed by atoms with Gasteiger partial charge in [-0.2, -0.15) is 0 Å². The van der Waals surface area contributed by atoms with Crippen LogP contribution in [0.2, 0.25) is 0 Å². The molecule has 1 aromatic rings. The molecule has 0 aromatic heterocycles. The molecule has 1 unspecified atom stereocenters. The maximum absolute atomic E-state index is 11.3. The summed E-state index contributed by atoms with van der Waals surface area (Å²) in [5.74, 6) is 0.597. The molecule has 1 aliphatic heterocycles. The topological polar surface area (TPSA) is 70.2 Å². The second-order valence-electron chi connectivity index (χ2n) is 5.01. The van der Waals surface area contributed by atoms with Crippen LogP contribution in [0.5, 0.6) is 0 Å². The van der Waals surface area contributed by atoms with Gasteiger partial charge in [-0.25, -0.2) is 8.42 Å². The van der Waals surface area contributed by atoms with Crippen molar-refractivity contribution in [2.75, 3.05) is 35.9 Å². The van der Waals surface area contributed by atoms with Crippen LogP contribution < -0.4 is 15.4 Å². The van der Waals surface area contributed by atoms with Gasteiger partial charge in [-0.1, -0.05) is 12.1 Å². The Bertz CT molecular complexity index is 510.